The van der Waals surface area contributed by atoms with Crippen molar-refractivity contribution in [1.29, 1.82) is 5.26 Å². The van der Waals surface area contributed by atoms with E-state index in [0.717, 1.165) is 58.2 Å². The molecule has 41 heavy (non-hydrogen) atoms. The molecule has 4 rings (SSSR count). The minimum atomic E-state index is -0.0991. The van der Waals surface area contributed by atoms with Crippen molar-refractivity contribution in [3.8, 4) is 6.07 Å². The molecule has 0 aromatic carbocycles. The molecule has 2 saturated heterocycles. The number of halogens is 1. The van der Waals surface area contributed by atoms with E-state index >= 15 is 0 Å². The van der Waals surface area contributed by atoms with Gasteiger partial charge in [-0.15, -0.1) is 0 Å². The molecule has 10 heteroatoms. The van der Waals surface area contributed by atoms with Gasteiger partial charge in [0.25, 0.3) is 0 Å². The number of hydrogen-bond donors (Lipinski definition) is 4. The highest BCUT2D eigenvalue weighted by Gasteiger charge is 2.47. The monoisotopic (exact) mass is 638 g/mol. The normalized spacial score (nSPS) is 39.6. The maximum Gasteiger partial charge on any atom is 0.220 e. The molecule has 9 nitrogen and oxygen atoms in total. The van der Waals surface area contributed by atoms with Gasteiger partial charge in [0, 0.05) is 48.6 Å². The Morgan fingerprint density at radius 2 is 1.95 bits per heavy atom. The topological polar surface area (TPSA) is 111 Å². The number of nitrogens with one attached hydrogen (secondary N) is 4. The highest BCUT2D eigenvalue weighted by Crippen LogP contribution is 2.37. The molecule has 234 valence electrons. The zero-order valence-corrected chi connectivity index (χ0v) is 27.3. The number of nitrogens with zero attached hydrogens (tertiary/aromatic N) is 2. The molecule has 2 aliphatic carbocycles. The second kappa shape index (κ2) is 16.3. The van der Waals surface area contributed by atoms with Crippen molar-refractivity contribution in [3.63, 3.8) is 0 Å². The Balaban J connectivity index is 1.34. The van der Waals surface area contributed by atoms with Crippen molar-refractivity contribution in [3.05, 3.63) is 0 Å². The third-order valence-electron chi connectivity index (χ3n) is 9.94. The summed E-state index contributed by atoms with van der Waals surface area (Å²) >= 11 is 3.96. The molecule has 2 heterocycles. The van der Waals surface area contributed by atoms with Gasteiger partial charge in [-0.25, -0.2) is 0 Å². The molecule has 11 unspecified atom stereocenters. The third-order valence-corrected chi connectivity index (χ3v) is 10.9. The van der Waals surface area contributed by atoms with Crippen molar-refractivity contribution in [1.82, 2.24) is 26.2 Å². The molecule has 0 aromatic heterocycles. The van der Waals surface area contributed by atoms with Crippen molar-refractivity contribution < 1.29 is 14.3 Å². The summed E-state index contributed by atoms with van der Waals surface area (Å²) in [4.78, 5) is 15.3. The van der Waals surface area contributed by atoms with Gasteiger partial charge in [0.15, 0.2) is 0 Å². The molecular weight excluding hydrogens is 584 g/mol. The van der Waals surface area contributed by atoms with Crippen LogP contribution >= 0.6 is 15.9 Å². The molecule has 4 fully saturated rings. The van der Waals surface area contributed by atoms with Crippen molar-refractivity contribution in [2.24, 2.45) is 17.8 Å². The fourth-order valence-corrected chi connectivity index (χ4v) is 8.42. The molecule has 2 saturated carbocycles. The van der Waals surface area contributed by atoms with Gasteiger partial charge in [-0.1, -0.05) is 22.9 Å². The standard InChI is InChI=1S/C31H55BrN6O3/c1-5-40-29-16-25-23(15-26(29)37-30(39)9-7-13-38(3)4)31(21(17-33)18-35-25)36-22-10-11-28(24(32)14-22)41-19-27-20(2)8-6-12-34-27/h20-29,31,34-36H,5-16,18-19H2,1-4H3,(H,37,39). The Bertz CT molecular complexity index is 858. The lowest BCUT2D eigenvalue weighted by Gasteiger charge is -2.50. The fraction of sp³-hybridized carbons (Fsp3) is 0.935. The van der Waals surface area contributed by atoms with E-state index in [2.05, 4.69) is 55.1 Å². The SMILES string of the molecule is CCOC1CC2NCC(C#N)C(NC3CCC(OCC4NCCCC4C)C(Br)C3)C2CC1NC(=O)CCCN(C)C. The minimum absolute atomic E-state index is 0.00767. The number of fused-ring (bicyclic) bond motifs is 1. The molecule has 0 aromatic rings. The number of amides is 1. The lowest BCUT2D eigenvalue weighted by molar-refractivity contribution is -0.124. The van der Waals surface area contributed by atoms with Crippen LogP contribution in [0.5, 0.6) is 0 Å². The van der Waals surface area contributed by atoms with Crippen molar-refractivity contribution in [2.45, 2.75) is 119 Å². The number of piperidine rings is 2. The zero-order valence-electron chi connectivity index (χ0n) is 25.7. The summed E-state index contributed by atoms with van der Waals surface area (Å²) in [6.07, 6.45) is 8.85. The maximum absolute atomic E-state index is 12.9. The average Bonchev–Trinajstić information content (AvgIpc) is 2.94. The summed E-state index contributed by atoms with van der Waals surface area (Å²) in [5.74, 6) is 0.927. The Morgan fingerprint density at radius 1 is 1.12 bits per heavy atom. The van der Waals surface area contributed by atoms with E-state index in [0.29, 0.717) is 42.4 Å². The number of alkyl halides is 1. The maximum atomic E-state index is 12.9. The van der Waals surface area contributed by atoms with Crippen LogP contribution in [0, 0.1) is 29.1 Å². The van der Waals surface area contributed by atoms with Gasteiger partial charge in [-0.3, -0.25) is 4.79 Å². The summed E-state index contributed by atoms with van der Waals surface area (Å²) < 4.78 is 12.6. The predicted molar refractivity (Wildman–Crippen MR) is 166 cm³/mol. The van der Waals surface area contributed by atoms with E-state index in [1.165, 1.54) is 12.8 Å². The van der Waals surface area contributed by atoms with E-state index in [-0.39, 0.29) is 48.1 Å². The first-order chi connectivity index (χ1) is 19.8. The van der Waals surface area contributed by atoms with Crippen LogP contribution in [0.2, 0.25) is 0 Å². The fourth-order valence-electron chi connectivity index (χ4n) is 7.55. The van der Waals surface area contributed by atoms with Crippen LogP contribution in [0.1, 0.15) is 71.6 Å². The summed E-state index contributed by atoms with van der Waals surface area (Å²) in [5, 5.41) is 24.7. The molecule has 1 amide bonds. The first kappa shape index (κ1) is 33.1. The molecule has 0 spiro atoms. The van der Waals surface area contributed by atoms with Crippen molar-refractivity contribution >= 4 is 21.8 Å². The quantitative estimate of drug-likeness (QED) is 0.242. The number of carbonyl (C=O) groups is 1. The third kappa shape index (κ3) is 9.34. The number of ether oxygens (including phenoxy) is 2. The summed E-state index contributed by atoms with van der Waals surface area (Å²) in [6.45, 7) is 8.45. The summed E-state index contributed by atoms with van der Waals surface area (Å²) in [7, 11) is 4.07. The highest BCUT2D eigenvalue weighted by molar-refractivity contribution is 9.09. The largest absolute Gasteiger partial charge is 0.376 e. The minimum Gasteiger partial charge on any atom is -0.376 e. The first-order valence-corrected chi connectivity index (χ1v) is 17.1. The van der Waals surface area contributed by atoms with Gasteiger partial charge in [0.2, 0.25) is 5.91 Å². The Kier molecular flexibility index (Phi) is 13.2. The van der Waals surface area contributed by atoms with E-state index in [1.807, 2.05) is 21.0 Å². The molecule has 11 atom stereocenters. The van der Waals surface area contributed by atoms with Gasteiger partial charge >= 0.3 is 0 Å². The molecule has 2 aliphatic heterocycles. The van der Waals surface area contributed by atoms with Crippen LogP contribution in [0.25, 0.3) is 0 Å². The van der Waals surface area contributed by atoms with Crippen LogP contribution in [0.3, 0.4) is 0 Å². The van der Waals surface area contributed by atoms with Crippen LogP contribution in [-0.4, -0.2) is 105 Å². The Labute approximate surface area is 256 Å². The van der Waals surface area contributed by atoms with Crippen molar-refractivity contribution in [2.75, 3.05) is 46.9 Å². The summed E-state index contributed by atoms with van der Waals surface area (Å²) in [6, 6.07) is 3.73. The predicted octanol–water partition coefficient (Wildman–Crippen LogP) is 2.79. The van der Waals surface area contributed by atoms with E-state index in [9.17, 15) is 10.1 Å². The van der Waals surface area contributed by atoms with E-state index < -0.39 is 0 Å². The Morgan fingerprint density at radius 3 is 2.66 bits per heavy atom. The number of carbonyl (C=O) groups excluding carboxylic acids is 1. The highest BCUT2D eigenvalue weighted by atomic mass is 79.9. The van der Waals surface area contributed by atoms with Crippen LogP contribution in [-0.2, 0) is 14.3 Å². The van der Waals surface area contributed by atoms with Crippen LogP contribution in [0.4, 0.5) is 0 Å². The zero-order chi connectivity index (χ0) is 29.4. The van der Waals surface area contributed by atoms with Gasteiger partial charge in [-0.05, 0) is 97.3 Å². The average molecular weight is 640 g/mol. The van der Waals surface area contributed by atoms with Crippen LogP contribution < -0.4 is 21.3 Å². The number of hydrogen-bond acceptors (Lipinski definition) is 8. The first-order valence-electron chi connectivity index (χ1n) is 16.2. The number of nitriles is 1. The lowest BCUT2D eigenvalue weighted by atomic mass is 9.69. The van der Waals surface area contributed by atoms with E-state index in [4.69, 9.17) is 9.47 Å². The van der Waals surface area contributed by atoms with Gasteiger partial charge in [0.05, 0.1) is 36.8 Å². The Hall–Kier alpha value is -0.800. The molecule has 0 radical (unpaired) electrons. The molecule has 4 N–H and O–H groups in total. The van der Waals surface area contributed by atoms with Gasteiger partial charge < -0.3 is 35.6 Å². The number of rotatable bonds is 12. The van der Waals surface area contributed by atoms with E-state index in [1.54, 1.807) is 0 Å². The second-order valence-corrected chi connectivity index (χ2v) is 14.4. The second-order valence-electron chi connectivity index (χ2n) is 13.2. The lowest BCUT2D eigenvalue weighted by Crippen LogP contribution is -2.66. The molecule has 0 bridgehead atoms. The summed E-state index contributed by atoms with van der Waals surface area (Å²) in [5.41, 5.74) is 0. The molecule has 4 aliphatic rings. The molecular formula is C31H55BrN6O3. The van der Waals surface area contributed by atoms with Gasteiger partial charge in [-0.2, -0.15) is 5.26 Å². The smallest absolute Gasteiger partial charge is 0.220 e. The van der Waals surface area contributed by atoms with Crippen LogP contribution in [0.15, 0.2) is 0 Å². The van der Waals surface area contributed by atoms with Gasteiger partial charge in [0.1, 0.15) is 0 Å².